The van der Waals surface area contributed by atoms with Crippen molar-refractivity contribution in [2.45, 2.75) is 26.7 Å². The van der Waals surface area contributed by atoms with E-state index < -0.39 is 0 Å². The molecule has 0 amide bonds. The van der Waals surface area contributed by atoms with E-state index in [-0.39, 0.29) is 5.78 Å². The Morgan fingerprint density at radius 3 is 2.33 bits per heavy atom. The third-order valence-corrected chi connectivity index (χ3v) is 3.96. The SMILES string of the molecule is Cc1[nH]c2ccccc2c1C(=O)c1ccc(C(C)C)cc1. The van der Waals surface area contributed by atoms with Crippen molar-refractivity contribution in [3.8, 4) is 0 Å². The maximum absolute atomic E-state index is 12.8. The van der Waals surface area contributed by atoms with Crippen LogP contribution in [-0.2, 0) is 0 Å². The summed E-state index contributed by atoms with van der Waals surface area (Å²) in [6, 6.07) is 15.9. The molecular formula is C19H19NO. The zero-order valence-electron chi connectivity index (χ0n) is 12.6. The monoisotopic (exact) mass is 277 g/mol. The highest BCUT2D eigenvalue weighted by molar-refractivity contribution is 6.17. The molecule has 0 aliphatic rings. The van der Waals surface area contributed by atoms with Gasteiger partial charge in [0.25, 0.3) is 0 Å². The van der Waals surface area contributed by atoms with Gasteiger partial charge in [-0.1, -0.05) is 56.3 Å². The van der Waals surface area contributed by atoms with Gasteiger partial charge in [0.2, 0.25) is 0 Å². The molecule has 0 saturated carbocycles. The number of aromatic nitrogens is 1. The van der Waals surface area contributed by atoms with E-state index in [1.54, 1.807) is 0 Å². The summed E-state index contributed by atoms with van der Waals surface area (Å²) in [7, 11) is 0. The molecule has 1 aromatic heterocycles. The summed E-state index contributed by atoms with van der Waals surface area (Å²) < 4.78 is 0. The highest BCUT2D eigenvalue weighted by Gasteiger charge is 2.17. The van der Waals surface area contributed by atoms with Gasteiger partial charge in [-0.05, 0) is 24.5 Å². The molecule has 0 atom stereocenters. The molecule has 0 unspecified atom stereocenters. The minimum absolute atomic E-state index is 0.0836. The summed E-state index contributed by atoms with van der Waals surface area (Å²) >= 11 is 0. The van der Waals surface area contributed by atoms with Crippen molar-refractivity contribution in [3.63, 3.8) is 0 Å². The van der Waals surface area contributed by atoms with Crippen LogP contribution in [0.15, 0.2) is 48.5 Å². The predicted octanol–water partition coefficient (Wildman–Crippen LogP) is 4.83. The number of aryl methyl sites for hydroxylation is 1. The first-order valence-electron chi connectivity index (χ1n) is 7.30. The lowest BCUT2D eigenvalue weighted by Gasteiger charge is -2.06. The van der Waals surface area contributed by atoms with Crippen molar-refractivity contribution >= 4 is 16.7 Å². The topological polar surface area (TPSA) is 32.9 Å². The lowest BCUT2D eigenvalue weighted by atomic mass is 9.97. The maximum Gasteiger partial charge on any atom is 0.195 e. The molecular weight excluding hydrogens is 258 g/mol. The van der Waals surface area contributed by atoms with Gasteiger partial charge in [-0.25, -0.2) is 0 Å². The van der Waals surface area contributed by atoms with Crippen molar-refractivity contribution in [2.24, 2.45) is 0 Å². The second-order valence-electron chi connectivity index (χ2n) is 5.78. The molecule has 2 aromatic carbocycles. The summed E-state index contributed by atoms with van der Waals surface area (Å²) in [6.07, 6.45) is 0. The molecule has 0 aliphatic heterocycles. The van der Waals surface area contributed by atoms with Crippen LogP contribution in [-0.4, -0.2) is 10.8 Å². The Bertz CT molecular complexity index is 794. The average Bonchev–Trinajstić information content (AvgIpc) is 2.82. The number of carbonyl (C=O) groups is 1. The van der Waals surface area contributed by atoms with E-state index >= 15 is 0 Å². The number of hydrogen-bond acceptors (Lipinski definition) is 1. The zero-order chi connectivity index (χ0) is 15.0. The second-order valence-corrected chi connectivity index (χ2v) is 5.78. The fraction of sp³-hybridized carbons (Fsp3) is 0.211. The fourth-order valence-electron chi connectivity index (χ4n) is 2.73. The zero-order valence-corrected chi connectivity index (χ0v) is 12.6. The van der Waals surface area contributed by atoms with Gasteiger partial charge >= 0.3 is 0 Å². The van der Waals surface area contributed by atoms with Gasteiger partial charge in [0.15, 0.2) is 5.78 Å². The van der Waals surface area contributed by atoms with Crippen LogP contribution in [0.2, 0.25) is 0 Å². The first-order valence-corrected chi connectivity index (χ1v) is 7.30. The van der Waals surface area contributed by atoms with Crippen LogP contribution < -0.4 is 0 Å². The molecule has 1 N–H and O–H groups in total. The minimum Gasteiger partial charge on any atom is -0.358 e. The van der Waals surface area contributed by atoms with E-state index in [1.807, 2.05) is 55.5 Å². The van der Waals surface area contributed by atoms with Crippen LogP contribution in [0, 0.1) is 6.92 Å². The van der Waals surface area contributed by atoms with E-state index in [9.17, 15) is 4.79 Å². The molecule has 106 valence electrons. The number of para-hydroxylation sites is 1. The van der Waals surface area contributed by atoms with Crippen LogP contribution >= 0.6 is 0 Å². The number of aromatic amines is 1. The second kappa shape index (κ2) is 5.21. The van der Waals surface area contributed by atoms with Gasteiger partial charge in [-0.3, -0.25) is 4.79 Å². The Hall–Kier alpha value is -2.35. The van der Waals surface area contributed by atoms with Gasteiger partial charge in [-0.15, -0.1) is 0 Å². The fourth-order valence-corrected chi connectivity index (χ4v) is 2.73. The number of fused-ring (bicyclic) bond motifs is 1. The molecule has 2 nitrogen and oxygen atoms in total. The number of benzene rings is 2. The van der Waals surface area contributed by atoms with Gasteiger partial charge in [-0.2, -0.15) is 0 Å². The maximum atomic E-state index is 12.8. The van der Waals surface area contributed by atoms with Crippen LogP contribution in [0.1, 0.15) is 46.9 Å². The van der Waals surface area contributed by atoms with Crippen molar-refractivity contribution < 1.29 is 4.79 Å². The molecule has 0 radical (unpaired) electrons. The number of ketones is 1. The van der Waals surface area contributed by atoms with Gasteiger partial charge in [0.1, 0.15) is 0 Å². The van der Waals surface area contributed by atoms with E-state index in [0.717, 1.165) is 27.7 Å². The van der Waals surface area contributed by atoms with Crippen LogP contribution in [0.4, 0.5) is 0 Å². The molecule has 2 heteroatoms. The summed E-state index contributed by atoms with van der Waals surface area (Å²) in [4.78, 5) is 16.1. The molecule has 0 aliphatic carbocycles. The average molecular weight is 277 g/mol. The summed E-state index contributed by atoms with van der Waals surface area (Å²) in [5.74, 6) is 0.559. The van der Waals surface area contributed by atoms with Gasteiger partial charge in [0, 0.05) is 22.2 Å². The molecule has 0 spiro atoms. The molecule has 21 heavy (non-hydrogen) atoms. The molecule has 3 rings (SSSR count). The molecule has 0 saturated heterocycles. The van der Waals surface area contributed by atoms with E-state index in [1.165, 1.54) is 5.56 Å². The third-order valence-electron chi connectivity index (χ3n) is 3.96. The Kier molecular flexibility index (Phi) is 3.38. The van der Waals surface area contributed by atoms with E-state index in [0.29, 0.717) is 5.92 Å². The van der Waals surface area contributed by atoms with Gasteiger partial charge in [0.05, 0.1) is 5.56 Å². The first kappa shape index (κ1) is 13.6. The van der Waals surface area contributed by atoms with Crippen molar-refractivity contribution in [2.75, 3.05) is 0 Å². The normalized spacial score (nSPS) is 11.2. The minimum atomic E-state index is 0.0836. The Morgan fingerprint density at radius 2 is 1.67 bits per heavy atom. The third kappa shape index (κ3) is 2.38. The first-order chi connectivity index (χ1) is 10.1. The van der Waals surface area contributed by atoms with Gasteiger partial charge < -0.3 is 4.98 Å². The predicted molar refractivity (Wildman–Crippen MR) is 87.0 cm³/mol. The lowest BCUT2D eigenvalue weighted by molar-refractivity contribution is 0.103. The van der Waals surface area contributed by atoms with Crippen LogP contribution in [0.3, 0.4) is 0 Å². The highest BCUT2D eigenvalue weighted by Crippen LogP contribution is 2.25. The lowest BCUT2D eigenvalue weighted by Crippen LogP contribution is -2.03. The highest BCUT2D eigenvalue weighted by atomic mass is 16.1. The molecule has 0 bridgehead atoms. The standard InChI is InChI=1S/C19H19NO/c1-12(2)14-8-10-15(11-9-14)19(21)18-13(3)20-17-7-5-4-6-16(17)18/h4-12,20H,1-3H3. The summed E-state index contributed by atoms with van der Waals surface area (Å²) in [6.45, 7) is 6.26. The van der Waals surface area contributed by atoms with Crippen molar-refractivity contribution in [1.29, 1.82) is 0 Å². The quantitative estimate of drug-likeness (QED) is 0.683. The number of carbonyl (C=O) groups excluding carboxylic acids is 1. The number of nitrogens with one attached hydrogen (secondary N) is 1. The molecule has 1 heterocycles. The number of H-pyrrole nitrogens is 1. The molecule has 0 fully saturated rings. The number of hydrogen-bond donors (Lipinski definition) is 1. The number of rotatable bonds is 3. The van der Waals surface area contributed by atoms with Crippen molar-refractivity contribution in [1.82, 2.24) is 4.98 Å². The Labute approximate surface area is 124 Å². The van der Waals surface area contributed by atoms with Crippen molar-refractivity contribution in [3.05, 3.63) is 70.9 Å². The Balaban J connectivity index is 2.06. The smallest absolute Gasteiger partial charge is 0.195 e. The summed E-state index contributed by atoms with van der Waals surface area (Å²) in [5, 5.41) is 0.993. The Morgan fingerprint density at radius 1 is 1.00 bits per heavy atom. The van der Waals surface area contributed by atoms with Crippen LogP contribution in [0.5, 0.6) is 0 Å². The van der Waals surface area contributed by atoms with E-state index in [4.69, 9.17) is 0 Å². The van der Waals surface area contributed by atoms with E-state index in [2.05, 4.69) is 18.8 Å². The summed E-state index contributed by atoms with van der Waals surface area (Å²) in [5.41, 5.74) is 4.71. The van der Waals surface area contributed by atoms with Crippen LogP contribution in [0.25, 0.3) is 10.9 Å². The molecule has 3 aromatic rings. The largest absolute Gasteiger partial charge is 0.358 e.